The van der Waals surface area contributed by atoms with E-state index < -0.39 is 0 Å². The summed E-state index contributed by atoms with van der Waals surface area (Å²) in [7, 11) is 0. The fraction of sp³-hybridized carbons (Fsp3) is 0.364. The van der Waals surface area contributed by atoms with Crippen molar-refractivity contribution in [2.75, 3.05) is 0 Å². The van der Waals surface area contributed by atoms with Crippen molar-refractivity contribution in [2.24, 2.45) is 0 Å². The molecule has 0 aliphatic heterocycles. The van der Waals surface area contributed by atoms with Crippen LogP contribution in [0.2, 0.25) is 0 Å². The van der Waals surface area contributed by atoms with E-state index >= 15 is 0 Å². The molecule has 0 aromatic carbocycles. The Bertz CT molecular complexity index is 341. The Morgan fingerprint density at radius 1 is 1.38 bits per heavy atom. The van der Waals surface area contributed by atoms with Crippen molar-refractivity contribution < 1.29 is 0 Å². The molecule has 1 N–H and O–H groups in total. The maximum Gasteiger partial charge on any atom is 0.248 e. The van der Waals surface area contributed by atoms with Gasteiger partial charge in [-0.25, -0.2) is 0 Å². The Morgan fingerprint density at radius 2 is 2.08 bits per heavy atom. The van der Waals surface area contributed by atoms with Gasteiger partial charge in [-0.1, -0.05) is 32.8 Å². The summed E-state index contributed by atoms with van der Waals surface area (Å²) in [6.07, 6.45) is 0.803. The highest BCUT2D eigenvalue weighted by atomic mass is 16.1. The van der Waals surface area contributed by atoms with E-state index in [-0.39, 0.29) is 5.56 Å². The predicted molar refractivity (Wildman–Crippen MR) is 55.6 cm³/mol. The summed E-state index contributed by atoms with van der Waals surface area (Å²) >= 11 is 0. The van der Waals surface area contributed by atoms with Gasteiger partial charge >= 0.3 is 0 Å². The minimum absolute atomic E-state index is 0.104. The third-order valence-electron chi connectivity index (χ3n) is 1.17. The van der Waals surface area contributed by atoms with Crippen molar-refractivity contribution in [3.8, 4) is 11.8 Å². The maximum atomic E-state index is 10.7. The van der Waals surface area contributed by atoms with E-state index in [2.05, 4.69) is 16.8 Å². The van der Waals surface area contributed by atoms with E-state index in [0.29, 0.717) is 5.69 Å². The number of rotatable bonds is 0. The summed E-state index contributed by atoms with van der Waals surface area (Å²) in [5.74, 6) is 5.70. The van der Waals surface area contributed by atoms with Gasteiger partial charge < -0.3 is 4.98 Å². The number of pyridine rings is 1. The molecule has 1 aromatic rings. The number of aromatic nitrogens is 1. The third-order valence-corrected chi connectivity index (χ3v) is 1.17. The zero-order chi connectivity index (χ0) is 10.1. The Labute approximate surface area is 79.0 Å². The second-order valence-corrected chi connectivity index (χ2v) is 2.08. The van der Waals surface area contributed by atoms with E-state index in [1.54, 1.807) is 12.1 Å². The van der Waals surface area contributed by atoms with Gasteiger partial charge in [0.25, 0.3) is 0 Å². The van der Waals surface area contributed by atoms with E-state index in [1.807, 2.05) is 20.8 Å². The van der Waals surface area contributed by atoms with E-state index in [4.69, 9.17) is 0 Å². The first-order valence-corrected chi connectivity index (χ1v) is 4.51. The lowest BCUT2D eigenvalue weighted by Crippen LogP contribution is -2.03. The Balaban J connectivity index is 0.000000671. The first-order valence-electron chi connectivity index (χ1n) is 4.51. The minimum Gasteiger partial charge on any atom is -0.315 e. The summed E-state index contributed by atoms with van der Waals surface area (Å²) < 4.78 is 0. The van der Waals surface area contributed by atoms with Crippen LogP contribution in [-0.4, -0.2) is 4.98 Å². The molecule has 0 amide bonds. The largest absolute Gasteiger partial charge is 0.315 e. The molecule has 13 heavy (non-hydrogen) atoms. The molecule has 0 aliphatic carbocycles. The molecule has 2 nitrogen and oxygen atoms in total. The van der Waals surface area contributed by atoms with Crippen molar-refractivity contribution in [1.29, 1.82) is 0 Å². The number of hydrogen-bond donors (Lipinski definition) is 1. The molecule has 1 rings (SSSR count). The van der Waals surface area contributed by atoms with Crippen LogP contribution in [0.25, 0.3) is 0 Å². The monoisotopic (exact) mass is 177 g/mol. The Hall–Kier alpha value is -1.49. The maximum absolute atomic E-state index is 10.7. The van der Waals surface area contributed by atoms with Crippen molar-refractivity contribution in [3.05, 3.63) is 34.2 Å². The highest BCUT2D eigenvalue weighted by Crippen LogP contribution is 1.85. The first kappa shape index (κ1) is 11.5. The average Bonchev–Trinajstić information content (AvgIpc) is 2.18. The quantitative estimate of drug-likeness (QED) is 0.605. The summed E-state index contributed by atoms with van der Waals surface area (Å²) in [4.78, 5) is 13.3. The van der Waals surface area contributed by atoms with Crippen LogP contribution in [0.15, 0.2) is 23.0 Å². The molecule has 0 atom stereocenters. The lowest BCUT2D eigenvalue weighted by Gasteiger charge is -1.86. The van der Waals surface area contributed by atoms with Crippen molar-refractivity contribution in [1.82, 2.24) is 4.98 Å². The highest BCUT2D eigenvalue weighted by Gasteiger charge is 1.83. The van der Waals surface area contributed by atoms with Crippen LogP contribution in [0.4, 0.5) is 0 Å². The normalized spacial score (nSPS) is 7.62. The van der Waals surface area contributed by atoms with E-state index in [9.17, 15) is 4.79 Å². The van der Waals surface area contributed by atoms with Gasteiger partial charge in [-0.05, 0) is 12.0 Å². The van der Waals surface area contributed by atoms with Crippen LogP contribution in [0.3, 0.4) is 0 Å². The van der Waals surface area contributed by atoms with Gasteiger partial charge in [0, 0.05) is 12.5 Å². The summed E-state index contributed by atoms with van der Waals surface area (Å²) in [5, 5.41) is 0. The molecular formula is C11H15NO. The first-order chi connectivity index (χ1) is 6.33. The molecule has 0 unspecified atom stereocenters. The van der Waals surface area contributed by atoms with Crippen molar-refractivity contribution >= 4 is 0 Å². The third kappa shape index (κ3) is 4.86. The second kappa shape index (κ2) is 7.17. The molecule has 0 fully saturated rings. The van der Waals surface area contributed by atoms with Crippen LogP contribution in [0.1, 0.15) is 32.9 Å². The predicted octanol–water partition coefficient (Wildman–Crippen LogP) is 2.16. The lowest BCUT2D eigenvalue weighted by atomic mass is 10.3. The second-order valence-electron chi connectivity index (χ2n) is 2.08. The lowest BCUT2D eigenvalue weighted by molar-refractivity contribution is 1.20. The smallest absolute Gasteiger partial charge is 0.248 e. The molecule has 0 radical (unpaired) electrons. The van der Waals surface area contributed by atoms with Gasteiger partial charge in [0.05, 0.1) is 5.69 Å². The van der Waals surface area contributed by atoms with Gasteiger partial charge in [0.15, 0.2) is 0 Å². The van der Waals surface area contributed by atoms with Crippen LogP contribution >= 0.6 is 0 Å². The zero-order valence-corrected chi connectivity index (χ0v) is 8.35. The van der Waals surface area contributed by atoms with Gasteiger partial charge in [-0.15, -0.1) is 0 Å². The number of aromatic amines is 1. The fourth-order valence-corrected chi connectivity index (χ4v) is 0.704. The molecule has 1 heterocycles. The molecule has 2 heteroatoms. The van der Waals surface area contributed by atoms with Crippen molar-refractivity contribution in [3.63, 3.8) is 0 Å². The molecule has 1 aromatic heterocycles. The number of nitrogens with one attached hydrogen (secondary N) is 1. The number of hydrogen-bond acceptors (Lipinski definition) is 1. The van der Waals surface area contributed by atoms with Crippen LogP contribution in [0.5, 0.6) is 0 Å². The SMILES string of the molecule is CC.CCC#Cc1cccc(=O)[nH]1. The standard InChI is InChI=1S/C9H9NO.C2H6/c1-2-3-5-8-6-4-7-9(11)10-8;1-2/h4,6-7H,2H2,1H3,(H,10,11);1-2H3. The van der Waals surface area contributed by atoms with Crippen LogP contribution in [-0.2, 0) is 0 Å². The van der Waals surface area contributed by atoms with E-state index in [0.717, 1.165) is 6.42 Å². The summed E-state index contributed by atoms with van der Waals surface area (Å²) in [5.41, 5.74) is 0.576. The molecule has 0 spiro atoms. The Morgan fingerprint density at radius 3 is 2.62 bits per heavy atom. The minimum atomic E-state index is -0.104. The molecule has 70 valence electrons. The van der Waals surface area contributed by atoms with E-state index in [1.165, 1.54) is 6.07 Å². The molecule has 0 aliphatic rings. The number of H-pyrrole nitrogens is 1. The van der Waals surface area contributed by atoms with Gasteiger partial charge in [-0.3, -0.25) is 4.79 Å². The summed E-state index contributed by atoms with van der Waals surface area (Å²) in [6.45, 7) is 5.97. The fourth-order valence-electron chi connectivity index (χ4n) is 0.704. The topological polar surface area (TPSA) is 32.9 Å². The van der Waals surface area contributed by atoms with Gasteiger partial charge in [-0.2, -0.15) is 0 Å². The average molecular weight is 177 g/mol. The Kier molecular flexibility index (Phi) is 6.35. The highest BCUT2D eigenvalue weighted by molar-refractivity contribution is 5.26. The van der Waals surface area contributed by atoms with Crippen LogP contribution in [0, 0.1) is 11.8 Å². The van der Waals surface area contributed by atoms with Crippen LogP contribution < -0.4 is 5.56 Å². The molecule has 0 bridgehead atoms. The summed E-state index contributed by atoms with van der Waals surface area (Å²) in [6, 6.07) is 4.94. The molecular weight excluding hydrogens is 162 g/mol. The molecule has 0 saturated heterocycles. The molecule has 0 saturated carbocycles. The zero-order valence-electron chi connectivity index (χ0n) is 8.35. The van der Waals surface area contributed by atoms with Gasteiger partial charge in [0.2, 0.25) is 5.56 Å². The van der Waals surface area contributed by atoms with Crippen molar-refractivity contribution in [2.45, 2.75) is 27.2 Å². The van der Waals surface area contributed by atoms with Gasteiger partial charge in [0.1, 0.15) is 0 Å².